The van der Waals surface area contributed by atoms with Gasteiger partial charge in [0.15, 0.2) is 5.82 Å². The average molecular weight is 560 g/mol. The molecule has 0 N–H and O–H groups in total. The molecule has 0 atom stereocenters. The van der Waals surface area contributed by atoms with Crippen LogP contribution in [0.25, 0.3) is 22.4 Å². The van der Waals surface area contributed by atoms with Gasteiger partial charge in [-0.05, 0) is 32.0 Å². The Bertz CT molecular complexity index is 1560. The molecule has 2 aromatic heterocycles. The van der Waals surface area contributed by atoms with Crippen molar-refractivity contribution in [3.63, 3.8) is 0 Å². The van der Waals surface area contributed by atoms with E-state index in [1.807, 2.05) is 0 Å². The number of sulfonamides is 2. The van der Waals surface area contributed by atoms with E-state index < -0.39 is 33.2 Å². The van der Waals surface area contributed by atoms with Gasteiger partial charge in [-0.2, -0.15) is 3.71 Å². The third-order valence-corrected chi connectivity index (χ3v) is 10.1. The van der Waals surface area contributed by atoms with Crippen LogP contribution in [0.4, 0.5) is 5.69 Å². The molecule has 0 aliphatic carbocycles. The monoisotopic (exact) mass is 559 g/mol. The van der Waals surface area contributed by atoms with Crippen LogP contribution in [0.2, 0.25) is 0 Å². The highest BCUT2D eigenvalue weighted by Gasteiger charge is 2.28. The molecule has 0 aliphatic heterocycles. The van der Waals surface area contributed by atoms with Crippen molar-refractivity contribution in [1.82, 2.24) is 19.5 Å². The van der Waals surface area contributed by atoms with Gasteiger partial charge in [0.05, 0.1) is 60.4 Å². The van der Waals surface area contributed by atoms with Crippen LogP contribution in [0.1, 0.15) is 19.5 Å². The average Bonchev–Trinajstić information content (AvgIpc) is 2.75. The van der Waals surface area contributed by atoms with Crippen LogP contribution in [-0.4, -0.2) is 62.1 Å². The van der Waals surface area contributed by atoms with Crippen LogP contribution in [-0.2, 0) is 46.9 Å². The third kappa shape index (κ3) is 5.98. The predicted octanol–water partition coefficient (Wildman–Crippen LogP) is 1.88. The highest BCUT2D eigenvalue weighted by atomic mass is 32.3. The van der Waals surface area contributed by atoms with Crippen molar-refractivity contribution < 1.29 is 30.4 Å². The molecule has 0 radical (unpaired) electrons. The van der Waals surface area contributed by atoms with E-state index in [0.29, 0.717) is 5.69 Å². The second-order valence-electron chi connectivity index (χ2n) is 7.72. The second kappa shape index (κ2) is 10.3. The first-order valence-corrected chi connectivity index (χ1v) is 16.0. The Labute approximate surface area is 208 Å². The van der Waals surface area contributed by atoms with Crippen molar-refractivity contribution in [1.29, 1.82) is 0 Å². The Balaban J connectivity index is 2.04. The molecule has 0 unspecified atom stereocenters. The van der Waals surface area contributed by atoms with Gasteiger partial charge in [-0.3, -0.25) is 18.9 Å². The van der Waals surface area contributed by atoms with E-state index in [9.17, 15) is 26.2 Å². The molecule has 3 rings (SSSR count). The Kier molecular flexibility index (Phi) is 8.01. The van der Waals surface area contributed by atoms with E-state index in [0.717, 1.165) is 18.6 Å². The first kappa shape index (κ1) is 27.9. The largest absolute Gasteiger partial charge is 0.336 e. The van der Waals surface area contributed by atoms with Crippen LogP contribution in [0.15, 0.2) is 35.4 Å². The van der Waals surface area contributed by atoms with Crippen molar-refractivity contribution in [3.05, 3.63) is 46.6 Å². The third-order valence-electron chi connectivity index (χ3n) is 4.81. The van der Waals surface area contributed by atoms with Crippen molar-refractivity contribution in [2.45, 2.75) is 20.0 Å². The summed E-state index contributed by atoms with van der Waals surface area (Å²) in [6.07, 6.45) is 4.18. The minimum atomic E-state index is -4.18. The lowest BCUT2D eigenvalue weighted by Crippen LogP contribution is -2.35. The van der Waals surface area contributed by atoms with Crippen molar-refractivity contribution in [2.24, 2.45) is 7.05 Å². The lowest BCUT2D eigenvalue weighted by molar-refractivity contribution is 0.219. The Hall–Kier alpha value is -2.71. The van der Waals surface area contributed by atoms with Crippen LogP contribution in [0.3, 0.4) is 0 Å². The van der Waals surface area contributed by atoms with Gasteiger partial charge in [-0.1, -0.05) is 0 Å². The molecule has 0 saturated carbocycles. The molecule has 1 aromatic carbocycles. The lowest BCUT2D eigenvalue weighted by Gasteiger charge is -2.20. The lowest BCUT2D eigenvalue weighted by atomic mass is 10.2. The van der Waals surface area contributed by atoms with Crippen LogP contribution in [0.5, 0.6) is 0 Å². The first-order valence-electron chi connectivity index (χ1n) is 10.6. The molecule has 0 fully saturated rings. The molecular formula is C20H26N5O8PS2. The van der Waals surface area contributed by atoms with Gasteiger partial charge in [-0.25, -0.2) is 26.8 Å². The van der Waals surface area contributed by atoms with Crippen LogP contribution >= 0.6 is 7.60 Å². The molecular weight excluding hydrogens is 533 g/mol. The number of anilines is 1. The fourth-order valence-electron chi connectivity index (χ4n) is 3.50. The standard InChI is InChI=1S/C20H26N5O8PS2/c1-6-32-34(27,33-7-2)13-14-11-22-18(12-21-14)19-23-17-9-8-15(10-16(17)20(26)24(19)3)25(35(4,28)29)36(5,30)31/h8-12H,6-7,13H2,1-5H3. The van der Waals surface area contributed by atoms with E-state index in [1.165, 1.54) is 36.1 Å². The molecule has 16 heteroatoms. The molecule has 3 aromatic rings. The number of rotatable bonds is 10. The van der Waals surface area contributed by atoms with E-state index >= 15 is 0 Å². The topological polar surface area (TPSA) is 168 Å². The molecule has 0 saturated heterocycles. The summed E-state index contributed by atoms with van der Waals surface area (Å²) in [5.41, 5.74) is 0.0435. The van der Waals surface area contributed by atoms with Gasteiger partial charge in [0.2, 0.25) is 20.0 Å². The summed E-state index contributed by atoms with van der Waals surface area (Å²) in [6.45, 7) is 3.82. The summed E-state index contributed by atoms with van der Waals surface area (Å²) in [7, 11) is -10.3. The maximum absolute atomic E-state index is 13.1. The number of fused-ring (bicyclic) bond motifs is 1. The Morgan fingerprint density at radius 2 is 1.61 bits per heavy atom. The Morgan fingerprint density at radius 3 is 2.11 bits per heavy atom. The molecule has 0 amide bonds. The summed E-state index contributed by atoms with van der Waals surface area (Å²) in [5, 5.41) is 0.00926. The molecule has 2 heterocycles. The van der Waals surface area contributed by atoms with Crippen molar-refractivity contribution >= 4 is 44.2 Å². The zero-order chi connectivity index (χ0) is 26.9. The highest BCUT2D eigenvalue weighted by molar-refractivity contribution is 8.09. The zero-order valence-corrected chi connectivity index (χ0v) is 22.8. The molecule has 0 aliphatic rings. The fourth-order valence-corrected chi connectivity index (χ4v) is 8.07. The van der Waals surface area contributed by atoms with Gasteiger partial charge < -0.3 is 9.05 Å². The fraction of sp³-hybridized carbons (Fsp3) is 0.400. The number of hydrogen-bond donors (Lipinski definition) is 0. The number of hydrogen-bond acceptors (Lipinski definition) is 11. The minimum absolute atomic E-state index is 0.00926. The second-order valence-corrected chi connectivity index (χ2v) is 13.7. The first-order chi connectivity index (χ1) is 16.7. The van der Waals surface area contributed by atoms with Gasteiger partial charge in [0.25, 0.3) is 5.56 Å². The van der Waals surface area contributed by atoms with Gasteiger partial charge >= 0.3 is 7.60 Å². The predicted molar refractivity (Wildman–Crippen MR) is 135 cm³/mol. The van der Waals surface area contributed by atoms with E-state index in [1.54, 1.807) is 13.8 Å². The molecule has 36 heavy (non-hydrogen) atoms. The van der Waals surface area contributed by atoms with Crippen molar-refractivity contribution in [3.8, 4) is 11.5 Å². The van der Waals surface area contributed by atoms with Gasteiger partial charge in [0.1, 0.15) is 5.69 Å². The van der Waals surface area contributed by atoms with Crippen molar-refractivity contribution in [2.75, 3.05) is 29.4 Å². The molecule has 0 bridgehead atoms. The molecule has 0 spiro atoms. The SMILES string of the molecule is CCOP(=O)(Cc1cnc(-c2nc3ccc(N(S(C)(=O)=O)S(C)(=O)=O)cc3c(=O)n2C)cn1)OCC. The van der Waals surface area contributed by atoms with E-state index in [2.05, 4.69) is 15.0 Å². The number of benzene rings is 1. The minimum Gasteiger partial charge on any atom is -0.309 e. The van der Waals surface area contributed by atoms with Gasteiger partial charge in [-0.15, -0.1) is 0 Å². The van der Waals surface area contributed by atoms with Gasteiger partial charge in [0, 0.05) is 13.2 Å². The number of nitrogens with zero attached hydrogens (tertiary/aromatic N) is 5. The molecule has 196 valence electrons. The van der Waals surface area contributed by atoms with Crippen LogP contribution < -0.4 is 9.27 Å². The maximum Gasteiger partial charge on any atom is 0.336 e. The smallest absolute Gasteiger partial charge is 0.309 e. The summed E-state index contributed by atoms with van der Waals surface area (Å²) in [4.78, 5) is 26.1. The van der Waals surface area contributed by atoms with E-state index in [4.69, 9.17) is 9.05 Å². The highest BCUT2D eigenvalue weighted by Crippen LogP contribution is 2.50. The van der Waals surface area contributed by atoms with E-state index in [-0.39, 0.29) is 51.2 Å². The molecule has 13 nitrogen and oxygen atoms in total. The number of aromatic nitrogens is 4. The summed E-state index contributed by atoms with van der Waals surface area (Å²) < 4.78 is 73.1. The van der Waals surface area contributed by atoms with Crippen LogP contribution in [0, 0.1) is 0 Å². The Morgan fingerprint density at radius 1 is 1.00 bits per heavy atom. The summed E-state index contributed by atoms with van der Waals surface area (Å²) in [6, 6.07) is 3.75. The quantitative estimate of drug-likeness (QED) is 0.333. The summed E-state index contributed by atoms with van der Waals surface area (Å²) in [5.74, 6) is 0.167. The maximum atomic E-state index is 13.1. The summed E-state index contributed by atoms with van der Waals surface area (Å²) >= 11 is 0. The zero-order valence-electron chi connectivity index (χ0n) is 20.3. The normalized spacial score (nSPS) is 12.7.